The van der Waals surface area contributed by atoms with E-state index in [1.54, 1.807) is 0 Å². The summed E-state index contributed by atoms with van der Waals surface area (Å²) in [5.41, 5.74) is 0. The summed E-state index contributed by atoms with van der Waals surface area (Å²) in [7, 11) is 1.91. The lowest BCUT2D eigenvalue weighted by atomic mass is 10.0. The molecule has 1 N–H and O–H groups in total. The smallest absolute Gasteiger partial charge is 0.303 e. The van der Waals surface area contributed by atoms with Crippen LogP contribution >= 0.6 is 0 Å². The molecular formula is C12H20N2O3. The molecule has 5 nitrogen and oxygen atoms in total. The quantitative estimate of drug-likeness (QED) is 0.779. The lowest BCUT2D eigenvalue weighted by Gasteiger charge is -2.43. The van der Waals surface area contributed by atoms with Gasteiger partial charge in [0.05, 0.1) is 6.04 Å². The molecule has 0 aromatic rings. The predicted molar refractivity (Wildman–Crippen MR) is 62.6 cm³/mol. The molecular weight excluding hydrogens is 220 g/mol. The number of amides is 1. The Morgan fingerprint density at radius 3 is 2.65 bits per heavy atom. The average molecular weight is 240 g/mol. The fourth-order valence-electron chi connectivity index (χ4n) is 2.71. The third-order valence-electron chi connectivity index (χ3n) is 3.67. The van der Waals surface area contributed by atoms with Crippen molar-refractivity contribution in [2.24, 2.45) is 0 Å². The third kappa shape index (κ3) is 2.60. The number of carboxylic acids is 1. The molecule has 5 heteroatoms. The molecule has 1 aliphatic carbocycles. The number of hydrogen-bond acceptors (Lipinski definition) is 3. The topological polar surface area (TPSA) is 60.9 Å². The number of nitrogens with zero attached hydrogens (tertiary/aromatic N) is 2. The minimum Gasteiger partial charge on any atom is -0.481 e. The van der Waals surface area contributed by atoms with E-state index in [2.05, 4.69) is 6.92 Å². The van der Waals surface area contributed by atoms with Crippen LogP contribution in [0.25, 0.3) is 0 Å². The minimum atomic E-state index is -0.831. The first-order valence-corrected chi connectivity index (χ1v) is 6.25. The Kier molecular flexibility index (Phi) is 3.38. The Labute approximate surface area is 101 Å². The maximum absolute atomic E-state index is 12.3. The van der Waals surface area contributed by atoms with Crippen LogP contribution in [-0.2, 0) is 9.59 Å². The van der Waals surface area contributed by atoms with Gasteiger partial charge in [-0.15, -0.1) is 0 Å². The van der Waals surface area contributed by atoms with Crippen molar-refractivity contribution < 1.29 is 14.7 Å². The number of carboxylic acid groups (broad SMARTS) is 1. The predicted octanol–water partition coefficient (Wildman–Crippen LogP) is 0.545. The van der Waals surface area contributed by atoms with Gasteiger partial charge in [-0.25, -0.2) is 0 Å². The molecule has 0 aromatic heterocycles. The van der Waals surface area contributed by atoms with Crippen molar-refractivity contribution in [2.75, 3.05) is 13.6 Å². The first kappa shape index (κ1) is 12.4. The first-order valence-electron chi connectivity index (χ1n) is 6.25. The number of piperazine rings is 1. The van der Waals surface area contributed by atoms with Crippen LogP contribution in [0.2, 0.25) is 0 Å². The van der Waals surface area contributed by atoms with Crippen molar-refractivity contribution in [3.8, 4) is 0 Å². The van der Waals surface area contributed by atoms with E-state index in [4.69, 9.17) is 5.11 Å². The summed E-state index contributed by atoms with van der Waals surface area (Å²) < 4.78 is 0. The van der Waals surface area contributed by atoms with Gasteiger partial charge in [-0.1, -0.05) is 0 Å². The van der Waals surface area contributed by atoms with Gasteiger partial charge in [-0.05, 0) is 33.2 Å². The third-order valence-corrected chi connectivity index (χ3v) is 3.67. The van der Waals surface area contributed by atoms with E-state index in [1.807, 2.05) is 16.8 Å². The Morgan fingerprint density at radius 1 is 1.47 bits per heavy atom. The Hall–Kier alpha value is -1.10. The fourth-order valence-corrected chi connectivity index (χ4v) is 2.71. The molecule has 1 aliphatic heterocycles. The van der Waals surface area contributed by atoms with Crippen LogP contribution in [0.5, 0.6) is 0 Å². The summed E-state index contributed by atoms with van der Waals surface area (Å²) >= 11 is 0. The molecule has 2 fully saturated rings. The highest BCUT2D eigenvalue weighted by Crippen LogP contribution is 2.32. The maximum Gasteiger partial charge on any atom is 0.303 e. The molecule has 0 radical (unpaired) electrons. The monoisotopic (exact) mass is 240 g/mol. The van der Waals surface area contributed by atoms with Crippen molar-refractivity contribution in [2.45, 2.75) is 50.7 Å². The van der Waals surface area contributed by atoms with Crippen LogP contribution in [0.1, 0.15) is 32.6 Å². The summed E-state index contributed by atoms with van der Waals surface area (Å²) in [5, 5.41) is 8.71. The molecule has 0 spiro atoms. The van der Waals surface area contributed by atoms with E-state index in [9.17, 15) is 9.59 Å². The number of carbonyl (C=O) groups is 2. The molecule has 1 saturated heterocycles. The zero-order valence-corrected chi connectivity index (χ0v) is 10.4. The number of aliphatic carboxylic acids is 1. The minimum absolute atomic E-state index is 0.0631. The van der Waals surface area contributed by atoms with Crippen molar-refractivity contribution in [3.63, 3.8) is 0 Å². The van der Waals surface area contributed by atoms with E-state index >= 15 is 0 Å². The molecule has 2 rings (SSSR count). The highest BCUT2D eigenvalue weighted by molar-refractivity contribution is 5.84. The van der Waals surface area contributed by atoms with Crippen LogP contribution in [0.4, 0.5) is 0 Å². The van der Waals surface area contributed by atoms with Crippen LogP contribution in [-0.4, -0.2) is 58.5 Å². The van der Waals surface area contributed by atoms with E-state index in [-0.39, 0.29) is 24.4 Å². The largest absolute Gasteiger partial charge is 0.481 e. The van der Waals surface area contributed by atoms with Gasteiger partial charge in [0.1, 0.15) is 0 Å². The van der Waals surface area contributed by atoms with Gasteiger partial charge in [0, 0.05) is 25.0 Å². The fraction of sp³-hybridized carbons (Fsp3) is 0.833. The molecule has 0 bridgehead atoms. The standard InChI is InChI=1S/C12H20N2O3/c1-8-7-13(2)10(5-6-11(15)16)12(17)14(8)9-3-4-9/h8-10H,3-7H2,1-2H3,(H,15,16). The number of carbonyl (C=O) groups excluding carboxylic acids is 1. The number of likely N-dealkylation sites (N-methyl/N-ethyl adjacent to an activating group) is 1. The SMILES string of the molecule is CC1CN(C)C(CCC(=O)O)C(=O)N1C1CC1. The highest BCUT2D eigenvalue weighted by atomic mass is 16.4. The van der Waals surface area contributed by atoms with Crippen LogP contribution < -0.4 is 0 Å². The summed E-state index contributed by atoms with van der Waals surface area (Å²) in [6.07, 6.45) is 2.69. The molecule has 1 heterocycles. The number of rotatable bonds is 4. The summed E-state index contributed by atoms with van der Waals surface area (Å²) in [4.78, 5) is 26.9. The van der Waals surface area contributed by atoms with Gasteiger partial charge < -0.3 is 10.0 Å². The lowest BCUT2D eigenvalue weighted by molar-refractivity contribution is -0.146. The Balaban J connectivity index is 2.03. The van der Waals surface area contributed by atoms with Gasteiger partial charge in [0.2, 0.25) is 5.91 Å². The first-order chi connectivity index (χ1) is 8.00. The van der Waals surface area contributed by atoms with E-state index in [1.165, 1.54) is 0 Å². The van der Waals surface area contributed by atoms with Crippen LogP contribution in [0.3, 0.4) is 0 Å². The summed E-state index contributed by atoms with van der Waals surface area (Å²) in [6, 6.07) is 0.419. The second kappa shape index (κ2) is 4.64. The van der Waals surface area contributed by atoms with Crippen LogP contribution in [0.15, 0.2) is 0 Å². The van der Waals surface area contributed by atoms with E-state index in [0.717, 1.165) is 19.4 Å². The molecule has 1 saturated carbocycles. The number of hydrogen-bond donors (Lipinski definition) is 1. The summed E-state index contributed by atoms with van der Waals surface area (Å²) in [5.74, 6) is -0.710. The second-order valence-corrected chi connectivity index (χ2v) is 5.21. The normalized spacial score (nSPS) is 30.7. The van der Waals surface area contributed by atoms with E-state index in [0.29, 0.717) is 12.5 Å². The van der Waals surface area contributed by atoms with E-state index < -0.39 is 5.97 Å². The molecule has 1 amide bonds. The second-order valence-electron chi connectivity index (χ2n) is 5.21. The van der Waals surface area contributed by atoms with Crippen LogP contribution in [0, 0.1) is 0 Å². The Morgan fingerprint density at radius 2 is 2.12 bits per heavy atom. The van der Waals surface area contributed by atoms with Gasteiger partial charge in [-0.2, -0.15) is 0 Å². The van der Waals surface area contributed by atoms with Gasteiger partial charge >= 0.3 is 5.97 Å². The average Bonchev–Trinajstić information content (AvgIpc) is 3.00. The molecule has 2 unspecified atom stereocenters. The zero-order chi connectivity index (χ0) is 12.6. The maximum atomic E-state index is 12.3. The molecule has 2 atom stereocenters. The van der Waals surface area contributed by atoms with Gasteiger partial charge in [0.15, 0.2) is 0 Å². The van der Waals surface area contributed by atoms with Crippen molar-refractivity contribution in [3.05, 3.63) is 0 Å². The highest BCUT2D eigenvalue weighted by Gasteiger charge is 2.43. The lowest BCUT2D eigenvalue weighted by Crippen LogP contribution is -2.60. The van der Waals surface area contributed by atoms with Gasteiger partial charge in [-0.3, -0.25) is 14.5 Å². The molecule has 96 valence electrons. The van der Waals surface area contributed by atoms with Gasteiger partial charge in [0.25, 0.3) is 0 Å². The van der Waals surface area contributed by atoms with Crippen molar-refractivity contribution in [1.82, 2.24) is 9.80 Å². The van der Waals surface area contributed by atoms with Crippen molar-refractivity contribution in [1.29, 1.82) is 0 Å². The Bertz CT molecular complexity index is 328. The van der Waals surface area contributed by atoms with Crippen molar-refractivity contribution >= 4 is 11.9 Å². The molecule has 2 aliphatic rings. The zero-order valence-electron chi connectivity index (χ0n) is 10.4. The molecule has 0 aromatic carbocycles. The molecule has 17 heavy (non-hydrogen) atoms. The summed E-state index contributed by atoms with van der Waals surface area (Å²) in [6.45, 7) is 2.91.